The number of hydrogen-bond acceptors (Lipinski definition) is 2. The normalized spacial score (nSPS) is 19.1. The maximum atomic E-state index is 4.95. The van der Waals surface area contributed by atoms with Gasteiger partial charge < -0.3 is 0 Å². The lowest BCUT2D eigenvalue weighted by molar-refractivity contribution is 1.23. The Bertz CT molecular complexity index is 137. The number of nitrogens with zero attached hydrogens (tertiary/aromatic N) is 1. The predicted molar refractivity (Wildman–Crippen MR) is 39.8 cm³/mol. The summed E-state index contributed by atoms with van der Waals surface area (Å²) in [5, 5.41) is 0. The molecule has 0 amide bonds. The van der Waals surface area contributed by atoms with Gasteiger partial charge in [0.15, 0.2) is 0 Å². The van der Waals surface area contributed by atoms with Crippen LogP contribution in [0.3, 0.4) is 0 Å². The van der Waals surface area contributed by atoms with Gasteiger partial charge >= 0.3 is 0 Å². The largest absolute Gasteiger partial charge is 0.288 e. The zero-order valence-corrected chi connectivity index (χ0v) is 5.79. The van der Waals surface area contributed by atoms with Crippen LogP contribution in [0.5, 0.6) is 0 Å². The third-order valence-corrected chi connectivity index (χ3v) is 1.56. The zero-order valence-electron chi connectivity index (χ0n) is 4.98. The molecule has 0 bridgehead atoms. The maximum absolute atomic E-state index is 4.95. The van der Waals surface area contributed by atoms with Crippen molar-refractivity contribution in [1.82, 2.24) is 0 Å². The van der Waals surface area contributed by atoms with Crippen LogP contribution < -0.4 is 0 Å². The van der Waals surface area contributed by atoms with Gasteiger partial charge in [0.1, 0.15) is 0 Å². The van der Waals surface area contributed by atoms with Gasteiger partial charge in [0.05, 0.1) is 6.54 Å². The van der Waals surface area contributed by atoms with Crippen molar-refractivity contribution < 1.29 is 0 Å². The highest BCUT2D eigenvalue weighted by Crippen LogP contribution is 2.04. The van der Waals surface area contributed by atoms with Crippen molar-refractivity contribution in [2.24, 2.45) is 4.99 Å². The molecule has 44 valence electrons. The van der Waals surface area contributed by atoms with Gasteiger partial charge in [0.2, 0.25) is 0 Å². The summed E-state index contributed by atoms with van der Waals surface area (Å²) in [7, 11) is 0. The first-order valence-corrected chi connectivity index (χ1v) is 3.27. The zero-order chi connectivity index (χ0) is 5.98. The number of hydrogen-bond donors (Lipinski definition) is 0. The monoisotopic (exact) mass is 127 g/mol. The average Bonchev–Trinajstić information content (AvgIpc) is 2.14. The molecule has 0 aromatic carbocycles. The molecule has 8 heavy (non-hydrogen) atoms. The van der Waals surface area contributed by atoms with Crippen LogP contribution in [-0.2, 0) is 0 Å². The molecule has 1 nitrogen and oxygen atoms in total. The Labute approximate surface area is 54.8 Å². The molecule has 1 rings (SSSR count). The van der Waals surface area contributed by atoms with Crippen molar-refractivity contribution in [2.75, 3.05) is 6.54 Å². The first-order valence-electron chi connectivity index (χ1n) is 2.87. The van der Waals surface area contributed by atoms with Crippen molar-refractivity contribution in [2.45, 2.75) is 19.8 Å². The lowest BCUT2D eigenvalue weighted by Gasteiger charge is -1.87. The molecule has 0 saturated carbocycles. The Morgan fingerprint density at radius 3 is 2.75 bits per heavy atom. The van der Waals surface area contributed by atoms with Crippen LogP contribution in [-0.4, -0.2) is 17.1 Å². The molecule has 0 unspecified atom stereocenters. The van der Waals surface area contributed by atoms with Gasteiger partial charge in [-0.3, -0.25) is 4.99 Å². The smallest absolute Gasteiger partial charge is 0.0705 e. The van der Waals surface area contributed by atoms with Crippen LogP contribution in [0.4, 0.5) is 0 Å². The lowest BCUT2D eigenvalue weighted by Crippen LogP contribution is -1.94. The summed E-state index contributed by atoms with van der Waals surface area (Å²) in [5.74, 6) is 0. The molecule has 0 spiro atoms. The van der Waals surface area contributed by atoms with E-state index in [0.29, 0.717) is 0 Å². The molecule has 0 aromatic heterocycles. The number of aliphatic imine (C=N–C) groups is 1. The molecule has 2 heteroatoms. The Morgan fingerprint density at radius 2 is 2.50 bits per heavy atom. The van der Waals surface area contributed by atoms with E-state index in [1.165, 1.54) is 5.71 Å². The Morgan fingerprint density at radius 1 is 1.75 bits per heavy atom. The van der Waals surface area contributed by atoms with Crippen molar-refractivity contribution in [3.63, 3.8) is 0 Å². The first-order chi connectivity index (χ1) is 3.83. The molecule has 1 heterocycles. The molecule has 0 N–H and O–H groups in total. The van der Waals surface area contributed by atoms with Crippen molar-refractivity contribution in [3.8, 4) is 0 Å². The van der Waals surface area contributed by atoms with Gasteiger partial charge in [0.25, 0.3) is 0 Å². The van der Waals surface area contributed by atoms with Crippen LogP contribution in [0, 0.1) is 0 Å². The van der Waals surface area contributed by atoms with Crippen LogP contribution in [0.2, 0.25) is 0 Å². The van der Waals surface area contributed by atoms with Crippen LogP contribution in [0.1, 0.15) is 19.8 Å². The van der Waals surface area contributed by atoms with Crippen LogP contribution in [0.15, 0.2) is 4.99 Å². The summed E-state index contributed by atoms with van der Waals surface area (Å²) in [6, 6.07) is 0. The van der Waals surface area contributed by atoms with E-state index in [-0.39, 0.29) is 0 Å². The summed E-state index contributed by atoms with van der Waals surface area (Å²) >= 11 is 4.95. The maximum Gasteiger partial charge on any atom is 0.0705 e. The SMILES string of the molecule is CCC1=NCC(=S)C1. The summed E-state index contributed by atoms with van der Waals surface area (Å²) in [6.07, 6.45) is 2.05. The quantitative estimate of drug-likeness (QED) is 0.487. The fourth-order valence-electron chi connectivity index (χ4n) is 0.776. The predicted octanol–water partition coefficient (Wildman–Crippen LogP) is 1.61. The second kappa shape index (κ2) is 2.35. The van der Waals surface area contributed by atoms with Gasteiger partial charge in [-0.25, -0.2) is 0 Å². The van der Waals surface area contributed by atoms with Gasteiger partial charge in [0, 0.05) is 17.0 Å². The second-order valence-corrected chi connectivity index (χ2v) is 2.53. The summed E-state index contributed by atoms with van der Waals surface area (Å²) in [6.45, 7) is 2.92. The number of thiocarbonyl (C=S) groups is 1. The topological polar surface area (TPSA) is 12.4 Å². The molecular weight excluding hydrogens is 118 g/mol. The van der Waals surface area contributed by atoms with E-state index in [9.17, 15) is 0 Å². The molecule has 1 aliphatic heterocycles. The van der Waals surface area contributed by atoms with E-state index in [1.54, 1.807) is 0 Å². The molecule has 0 aromatic rings. The minimum atomic E-state index is 0.804. The van der Waals surface area contributed by atoms with Gasteiger partial charge in [-0.1, -0.05) is 19.1 Å². The highest BCUT2D eigenvalue weighted by molar-refractivity contribution is 7.80. The Hall–Kier alpha value is -0.240. The van der Waals surface area contributed by atoms with E-state index in [0.717, 1.165) is 24.3 Å². The Kier molecular flexibility index (Phi) is 1.73. The third kappa shape index (κ3) is 1.13. The van der Waals surface area contributed by atoms with Gasteiger partial charge in [-0.05, 0) is 6.42 Å². The lowest BCUT2D eigenvalue weighted by atomic mass is 10.2. The van der Waals surface area contributed by atoms with E-state index >= 15 is 0 Å². The highest BCUT2D eigenvalue weighted by atomic mass is 32.1. The van der Waals surface area contributed by atoms with Crippen molar-refractivity contribution in [3.05, 3.63) is 0 Å². The summed E-state index contributed by atoms with van der Waals surface area (Å²) < 4.78 is 0. The second-order valence-electron chi connectivity index (χ2n) is 1.95. The first kappa shape index (κ1) is 5.89. The van der Waals surface area contributed by atoms with E-state index in [4.69, 9.17) is 12.2 Å². The minimum absolute atomic E-state index is 0.804. The van der Waals surface area contributed by atoms with Gasteiger partial charge in [-0.2, -0.15) is 0 Å². The molecule has 0 fully saturated rings. The molecule has 0 aliphatic carbocycles. The van der Waals surface area contributed by atoms with Crippen LogP contribution >= 0.6 is 12.2 Å². The summed E-state index contributed by atoms with van der Waals surface area (Å²) in [5.41, 5.74) is 1.27. The third-order valence-electron chi connectivity index (χ3n) is 1.29. The molecular formula is C6H9NS. The molecule has 0 radical (unpaired) electrons. The molecule has 0 atom stereocenters. The molecule has 0 saturated heterocycles. The fraction of sp³-hybridized carbons (Fsp3) is 0.667. The van der Waals surface area contributed by atoms with E-state index < -0.39 is 0 Å². The van der Waals surface area contributed by atoms with Crippen molar-refractivity contribution >= 4 is 22.8 Å². The summed E-state index contributed by atoms with van der Waals surface area (Å²) in [4.78, 5) is 5.31. The van der Waals surface area contributed by atoms with E-state index in [2.05, 4.69) is 11.9 Å². The minimum Gasteiger partial charge on any atom is -0.288 e. The Balaban J connectivity index is 2.49. The van der Waals surface area contributed by atoms with Crippen LogP contribution in [0.25, 0.3) is 0 Å². The molecule has 1 aliphatic rings. The van der Waals surface area contributed by atoms with E-state index in [1.807, 2.05) is 0 Å². The highest BCUT2D eigenvalue weighted by Gasteiger charge is 2.07. The number of rotatable bonds is 1. The van der Waals surface area contributed by atoms with Gasteiger partial charge in [-0.15, -0.1) is 0 Å². The average molecular weight is 127 g/mol. The standard InChI is InChI=1S/C6H9NS/c1-2-5-3-6(8)4-7-5/h2-4H2,1H3. The van der Waals surface area contributed by atoms with Crippen molar-refractivity contribution in [1.29, 1.82) is 0 Å². The fourth-order valence-corrected chi connectivity index (χ4v) is 1.01.